The zero-order valence-corrected chi connectivity index (χ0v) is 16.2. The molecule has 1 aromatic rings. The Morgan fingerprint density at radius 3 is 1.55 bits per heavy atom. The van der Waals surface area contributed by atoms with Gasteiger partial charge in [-0.05, 0) is 30.5 Å². The fourth-order valence-corrected chi connectivity index (χ4v) is 2.85. The Labute approximate surface area is 166 Å². The average molecular weight is 425 g/mol. The quantitative estimate of drug-likeness (QED) is 0.323. The van der Waals surface area contributed by atoms with Gasteiger partial charge in [-0.15, -0.1) is 0 Å². The number of alkyl halides is 6. The summed E-state index contributed by atoms with van der Waals surface area (Å²) < 4.78 is 75.8. The number of rotatable bonds is 10. The minimum Gasteiger partial charge on any atom is -0.263 e. The molecule has 164 valence electrons. The number of hydrogen-bond acceptors (Lipinski definition) is 2. The number of anilines is 1. The Balaban J connectivity index is 2.70. The van der Waals surface area contributed by atoms with Crippen LogP contribution in [0.2, 0.25) is 0 Å². The van der Waals surface area contributed by atoms with Gasteiger partial charge in [0, 0.05) is 0 Å². The molecule has 0 radical (unpaired) electrons. The van der Waals surface area contributed by atoms with Crippen molar-refractivity contribution in [1.82, 2.24) is 0 Å². The molecule has 0 saturated heterocycles. The topological polar surface area (TPSA) is 37.4 Å². The molecule has 0 aliphatic rings. The Morgan fingerprint density at radius 1 is 0.724 bits per heavy atom. The van der Waals surface area contributed by atoms with E-state index < -0.39 is 34.8 Å². The first-order chi connectivity index (χ1) is 13.5. The van der Waals surface area contributed by atoms with Crippen LogP contribution in [0.15, 0.2) is 24.3 Å². The second-order valence-electron chi connectivity index (χ2n) is 6.83. The molecule has 0 N–H and O–H groups in total. The molecule has 9 heteroatoms. The van der Waals surface area contributed by atoms with Crippen LogP contribution in [0.3, 0.4) is 0 Å². The van der Waals surface area contributed by atoms with Gasteiger partial charge >= 0.3 is 24.2 Å². The molecule has 0 aliphatic heterocycles. The van der Waals surface area contributed by atoms with Crippen LogP contribution in [0.4, 0.5) is 32.0 Å². The third kappa shape index (κ3) is 8.45. The molecule has 0 unspecified atom stereocenters. The minimum absolute atomic E-state index is 0.607. The van der Waals surface area contributed by atoms with E-state index in [1.165, 1.54) is 37.8 Å². The van der Waals surface area contributed by atoms with Gasteiger partial charge in [0.2, 0.25) is 0 Å². The van der Waals surface area contributed by atoms with E-state index in [9.17, 15) is 35.9 Å². The van der Waals surface area contributed by atoms with Gasteiger partial charge in [0.05, 0.1) is 5.69 Å². The Bertz CT molecular complexity index is 626. The van der Waals surface area contributed by atoms with Gasteiger partial charge in [-0.2, -0.15) is 26.3 Å². The van der Waals surface area contributed by atoms with Crippen LogP contribution < -0.4 is 4.90 Å². The van der Waals surface area contributed by atoms with Crippen LogP contribution in [0, 0.1) is 0 Å². The van der Waals surface area contributed by atoms with E-state index in [-0.39, 0.29) is 0 Å². The summed E-state index contributed by atoms with van der Waals surface area (Å²) >= 11 is 0. The fourth-order valence-electron chi connectivity index (χ4n) is 2.85. The van der Waals surface area contributed by atoms with Crippen molar-refractivity contribution in [2.24, 2.45) is 0 Å². The van der Waals surface area contributed by atoms with Crippen molar-refractivity contribution in [2.45, 2.75) is 77.1 Å². The highest BCUT2D eigenvalue weighted by Gasteiger charge is 2.52. The first-order valence-electron chi connectivity index (χ1n) is 9.59. The molecule has 0 fully saturated rings. The molecule has 0 atom stereocenters. The molecule has 3 nitrogen and oxygen atoms in total. The Morgan fingerprint density at radius 2 is 1.14 bits per heavy atom. The predicted octanol–water partition coefficient (Wildman–Crippen LogP) is 6.35. The van der Waals surface area contributed by atoms with Crippen molar-refractivity contribution in [1.29, 1.82) is 0 Å². The van der Waals surface area contributed by atoms with Gasteiger partial charge < -0.3 is 0 Å². The first-order valence-corrected chi connectivity index (χ1v) is 9.59. The van der Waals surface area contributed by atoms with Gasteiger partial charge in [0.15, 0.2) is 0 Å². The monoisotopic (exact) mass is 425 g/mol. The summed E-state index contributed by atoms with van der Waals surface area (Å²) in [6, 6.07) is 4.51. The molecule has 0 spiro atoms. The van der Waals surface area contributed by atoms with Crippen LogP contribution in [0.1, 0.15) is 63.9 Å². The SMILES string of the molecule is CCCCCCCCCCc1ccc(N(C(=O)C(F)(F)F)C(=O)C(F)(F)F)cc1. The number of hydrogen-bond donors (Lipinski definition) is 0. The first kappa shape index (κ1) is 25.0. The third-order valence-corrected chi connectivity index (χ3v) is 4.40. The van der Waals surface area contributed by atoms with Crippen molar-refractivity contribution in [3.8, 4) is 0 Å². The largest absolute Gasteiger partial charge is 0.472 e. The fraction of sp³-hybridized carbons (Fsp3) is 0.600. The number of halogens is 6. The number of imide groups is 1. The van der Waals surface area contributed by atoms with Gasteiger partial charge in [-0.1, -0.05) is 64.0 Å². The standard InChI is InChI=1S/C20H25F6NO2/c1-2-3-4-5-6-7-8-9-10-15-11-13-16(14-12-15)27(17(28)19(21,22)23)18(29)20(24,25)26/h11-14H,2-10H2,1H3. The van der Waals surface area contributed by atoms with Gasteiger partial charge in [0.1, 0.15) is 0 Å². The van der Waals surface area contributed by atoms with Crippen LogP contribution in [-0.2, 0) is 16.0 Å². The van der Waals surface area contributed by atoms with Crippen LogP contribution >= 0.6 is 0 Å². The van der Waals surface area contributed by atoms with Crippen molar-refractivity contribution in [2.75, 3.05) is 4.90 Å². The highest BCUT2D eigenvalue weighted by atomic mass is 19.4. The molecular weight excluding hydrogens is 400 g/mol. The highest BCUT2D eigenvalue weighted by molar-refractivity contribution is 6.18. The summed E-state index contributed by atoms with van der Waals surface area (Å²) in [7, 11) is 0. The lowest BCUT2D eigenvalue weighted by atomic mass is 10.0. The lowest BCUT2D eigenvalue weighted by Gasteiger charge is -2.23. The zero-order chi connectivity index (χ0) is 22.1. The summed E-state index contributed by atoms with van der Waals surface area (Å²) in [6.45, 7) is 2.14. The maximum Gasteiger partial charge on any atom is 0.472 e. The highest BCUT2D eigenvalue weighted by Crippen LogP contribution is 2.29. The summed E-state index contributed by atoms with van der Waals surface area (Å²) in [6.07, 6.45) is -1.83. The smallest absolute Gasteiger partial charge is 0.263 e. The number of nitrogens with zero attached hydrogens (tertiary/aromatic N) is 1. The van der Waals surface area contributed by atoms with E-state index >= 15 is 0 Å². The number of benzene rings is 1. The summed E-state index contributed by atoms with van der Waals surface area (Å²) in [4.78, 5) is 21.8. The molecule has 1 rings (SSSR count). The van der Waals surface area contributed by atoms with Gasteiger partial charge in [-0.25, -0.2) is 4.90 Å². The minimum atomic E-state index is -5.61. The van der Waals surface area contributed by atoms with Crippen LogP contribution in [0.25, 0.3) is 0 Å². The molecule has 0 bridgehead atoms. The van der Waals surface area contributed by atoms with E-state index in [4.69, 9.17) is 0 Å². The number of carbonyl (C=O) groups is 2. The second-order valence-corrected chi connectivity index (χ2v) is 6.83. The van der Waals surface area contributed by atoms with E-state index in [0.717, 1.165) is 37.8 Å². The molecule has 0 aliphatic carbocycles. The van der Waals surface area contributed by atoms with Crippen molar-refractivity contribution < 1.29 is 35.9 Å². The predicted molar refractivity (Wildman–Crippen MR) is 97.4 cm³/mol. The van der Waals surface area contributed by atoms with Gasteiger partial charge in [-0.3, -0.25) is 9.59 Å². The van der Waals surface area contributed by atoms with Crippen molar-refractivity contribution in [3.63, 3.8) is 0 Å². The summed E-state index contributed by atoms with van der Waals surface area (Å²) in [5, 5.41) is 0. The van der Waals surface area contributed by atoms with E-state index in [2.05, 4.69) is 6.92 Å². The Hall–Kier alpha value is -2.06. The van der Waals surface area contributed by atoms with Crippen LogP contribution in [0.5, 0.6) is 0 Å². The molecule has 0 aromatic heterocycles. The molecule has 0 heterocycles. The maximum atomic E-state index is 12.6. The molecule has 2 amide bonds. The third-order valence-electron chi connectivity index (χ3n) is 4.40. The van der Waals surface area contributed by atoms with Crippen molar-refractivity contribution >= 4 is 17.5 Å². The summed E-state index contributed by atoms with van der Waals surface area (Å²) in [5.74, 6) is -5.76. The van der Waals surface area contributed by atoms with Crippen molar-refractivity contribution in [3.05, 3.63) is 29.8 Å². The van der Waals surface area contributed by atoms with E-state index in [1.807, 2.05) is 0 Å². The number of carbonyl (C=O) groups excluding carboxylic acids is 2. The second kappa shape index (κ2) is 11.2. The molecule has 1 aromatic carbocycles. The maximum absolute atomic E-state index is 12.6. The number of unbranched alkanes of at least 4 members (excludes halogenated alkanes) is 7. The van der Waals surface area contributed by atoms with E-state index in [1.54, 1.807) is 0 Å². The average Bonchev–Trinajstić information content (AvgIpc) is 2.63. The summed E-state index contributed by atoms with van der Waals surface area (Å²) in [5.41, 5.74) is -0.0621. The van der Waals surface area contributed by atoms with Gasteiger partial charge in [0.25, 0.3) is 0 Å². The number of amides is 2. The Kier molecular flexibility index (Phi) is 9.65. The zero-order valence-electron chi connectivity index (χ0n) is 16.2. The number of aryl methyl sites for hydroxylation is 1. The molecule has 29 heavy (non-hydrogen) atoms. The lowest BCUT2D eigenvalue weighted by molar-refractivity contribution is -0.181. The normalized spacial score (nSPS) is 12.1. The lowest BCUT2D eigenvalue weighted by Crippen LogP contribution is -2.50. The molecular formula is C20H25F6NO2. The van der Waals surface area contributed by atoms with E-state index in [0.29, 0.717) is 12.0 Å². The van der Waals surface area contributed by atoms with Crippen LogP contribution in [-0.4, -0.2) is 24.2 Å². The molecule has 0 saturated carbocycles.